The fourth-order valence-corrected chi connectivity index (χ4v) is 7.45. The molecule has 9 heteroatoms. The number of carbonyl (C=O) groups excluding carboxylic acids is 3. The van der Waals surface area contributed by atoms with Gasteiger partial charge in [0.2, 0.25) is 11.8 Å². The van der Waals surface area contributed by atoms with E-state index in [1.165, 1.54) is 4.90 Å². The summed E-state index contributed by atoms with van der Waals surface area (Å²) in [6.07, 6.45) is 8.87. The van der Waals surface area contributed by atoms with Crippen molar-refractivity contribution >= 4 is 29.1 Å². The molecule has 0 radical (unpaired) electrons. The lowest BCUT2D eigenvalue weighted by molar-refractivity contribution is -0.151. The average Bonchev–Trinajstić information content (AvgIpc) is 3.24. The van der Waals surface area contributed by atoms with Crippen LogP contribution in [-0.4, -0.2) is 95.2 Å². The minimum atomic E-state index is -1.33. The van der Waals surface area contributed by atoms with Crippen LogP contribution in [0.4, 0.5) is 11.4 Å². The highest BCUT2D eigenvalue weighted by Crippen LogP contribution is 2.58. The maximum atomic E-state index is 14.6. The number of rotatable bonds is 9. The summed E-state index contributed by atoms with van der Waals surface area (Å²) in [6.45, 7) is 12.8. The standard InChI is InChI=1S/C32H44N4O5/c1-6-18-34-19-10-16-31(5)25(28(34)38)26-29(39)36(22(7-2)21-37)27-30(40)35(20-11-17-32(26,27)41-31)24-14-12-23(13-15-24)33(8-3)9-4/h10-17,22,25-27,37H,6-9,18-21H2,1-5H3/t22-,25+,26-,27?,31-,32-/m0/s1. The number of aliphatic hydroxyl groups is 1. The molecule has 5 rings (SSSR count). The number of hydrogen-bond donors (Lipinski definition) is 1. The maximum absolute atomic E-state index is 14.6. The minimum Gasteiger partial charge on any atom is -0.394 e. The van der Waals surface area contributed by atoms with E-state index in [1.54, 1.807) is 9.80 Å². The van der Waals surface area contributed by atoms with Crippen molar-refractivity contribution in [1.82, 2.24) is 9.80 Å². The predicted octanol–water partition coefficient (Wildman–Crippen LogP) is 2.99. The predicted molar refractivity (Wildman–Crippen MR) is 159 cm³/mol. The number of benzene rings is 1. The third-order valence-electron chi connectivity index (χ3n) is 9.44. The molecule has 1 N–H and O–H groups in total. The molecule has 0 aliphatic carbocycles. The molecule has 1 spiro atoms. The van der Waals surface area contributed by atoms with Crippen LogP contribution in [0.3, 0.4) is 0 Å². The second-order valence-corrected chi connectivity index (χ2v) is 11.7. The summed E-state index contributed by atoms with van der Waals surface area (Å²) in [5.74, 6) is -2.35. The lowest BCUT2D eigenvalue weighted by atomic mass is 9.74. The molecule has 1 aromatic carbocycles. The zero-order valence-corrected chi connectivity index (χ0v) is 25.0. The first kappa shape index (κ1) is 29.3. The Bertz CT molecular complexity index is 1220. The van der Waals surface area contributed by atoms with Gasteiger partial charge in [-0.05, 0) is 57.9 Å². The van der Waals surface area contributed by atoms with E-state index in [9.17, 15) is 19.5 Å². The van der Waals surface area contributed by atoms with E-state index in [0.29, 0.717) is 26.1 Å². The van der Waals surface area contributed by atoms with Gasteiger partial charge in [0.25, 0.3) is 5.91 Å². The number of aliphatic hydroxyl groups excluding tert-OH is 1. The molecule has 6 atom stereocenters. The molecule has 41 heavy (non-hydrogen) atoms. The highest BCUT2D eigenvalue weighted by molar-refractivity contribution is 6.06. The molecule has 222 valence electrons. The molecular formula is C32H44N4O5. The molecule has 0 aromatic heterocycles. The largest absolute Gasteiger partial charge is 0.394 e. The van der Waals surface area contributed by atoms with E-state index < -0.39 is 35.1 Å². The van der Waals surface area contributed by atoms with Crippen molar-refractivity contribution < 1.29 is 24.2 Å². The van der Waals surface area contributed by atoms with Gasteiger partial charge < -0.3 is 29.4 Å². The quantitative estimate of drug-likeness (QED) is 0.464. The van der Waals surface area contributed by atoms with Gasteiger partial charge in [-0.1, -0.05) is 38.2 Å². The van der Waals surface area contributed by atoms with E-state index in [0.717, 1.165) is 30.9 Å². The highest BCUT2D eigenvalue weighted by atomic mass is 16.5. The zero-order chi connectivity index (χ0) is 29.5. The number of fused-ring (bicyclic) bond motifs is 2. The molecule has 1 unspecified atom stereocenters. The van der Waals surface area contributed by atoms with Crippen molar-refractivity contribution in [3.8, 4) is 0 Å². The van der Waals surface area contributed by atoms with Gasteiger partial charge in [-0.2, -0.15) is 0 Å². The molecule has 4 heterocycles. The fraction of sp³-hybridized carbons (Fsp3) is 0.594. The van der Waals surface area contributed by atoms with Crippen LogP contribution in [0.15, 0.2) is 48.6 Å². The first-order chi connectivity index (χ1) is 19.7. The Labute approximate surface area is 243 Å². The molecule has 0 saturated carbocycles. The molecule has 4 aliphatic rings. The number of ether oxygens (including phenoxy) is 1. The molecule has 3 amide bonds. The Hall–Kier alpha value is -3.17. The maximum Gasteiger partial charge on any atom is 0.253 e. The second-order valence-electron chi connectivity index (χ2n) is 11.7. The van der Waals surface area contributed by atoms with Crippen LogP contribution < -0.4 is 9.80 Å². The smallest absolute Gasteiger partial charge is 0.253 e. The van der Waals surface area contributed by atoms with Crippen molar-refractivity contribution in [2.45, 2.75) is 70.7 Å². The Morgan fingerprint density at radius 3 is 2.24 bits per heavy atom. The summed E-state index contributed by atoms with van der Waals surface area (Å²) < 4.78 is 6.88. The third-order valence-corrected chi connectivity index (χ3v) is 9.44. The first-order valence-electron chi connectivity index (χ1n) is 15.1. The minimum absolute atomic E-state index is 0.124. The van der Waals surface area contributed by atoms with E-state index in [2.05, 4.69) is 18.7 Å². The molecule has 2 saturated heterocycles. The van der Waals surface area contributed by atoms with Gasteiger partial charge in [-0.25, -0.2) is 0 Å². The Morgan fingerprint density at radius 1 is 0.951 bits per heavy atom. The van der Waals surface area contributed by atoms with Gasteiger partial charge in [0.05, 0.1) is 30.1 Å². The van der Waals surface area contributed by atoms with Crippen LogP contribution in [0.2, 0.25) is 0 Å². The molecular weight excluding hydrogens is 520 g/mol. The van der Waals surface area contributed by atoms with Gasteiger partial charge in [0, 0.05) is 44.1 Å². The summed E-state index contributed by atoms with van der Waals surface area (Å²) >= 11 is 0. The van der Waals surface area contributed by atoms with E-state index >= 15 is 0 Å². The lowest BCUT2D eigenvalue weighted by Crippen LogP contribution is -2.58. The topological polar surface area (TPSA) is 93.6 Å². The molecule has 4 aliphatic heterocycles. The zero-order valence-electron chi connectivity index (χ0n) is 25.0. The lowest BCUT2D eigenvalue weighted by Gasteiger charge is -2.40. The monoisotopic (exact) mass is 564 g/mol. The fourth-order valence-electron chi connectivity index (χ4n) is 7.45. The number of hydrogen-bond acceptors (Lipinski definition) is 6. The second kappa shape index (κ2) is 11.2. The van der Waals surface area contributed by atoms with Gasteiger partial charge >= 0.3 is 0 Å². The molecule has 2 fully saturated rings. The van der Waals surface area contributed by atoms with Crippen LogP contribution in [0.1, 0.15) is 47.5 Å². The van der Waals surface area contributed by atoms with Gasteiger partial charge in [-0.15, -0.1) is 0 Å². The van der Waals surface area contributed by atoms with Gasteiger partial charge in [0.1, 0.15) is 11.6 Å². The molecule has 9 nitrogen and oxygen atoms in total. The first-order valence-corrected chi connectivity index (χ1v) is 15.1. The van der Waals surface area contributed by atoms with Crippen molar-refractivity contribution in [3.63, 3.8) is 0 Å². The summed E-state index contributed by atoms with van der Waals surface area (Å²) in [4.78, 5) is 50.4. The van der Waals surface area contributed by atoms with Gasteiger partial charge in [-0.3, -0.25) is 14.4 Å². The van der Waals surface area contributed by atoms with Crippen LogP contribution in [-0.2, 0) is 19.1 Å². The Kier molecular flexibility index (Phi) is 8.05. The third kappa shape index (κ3) is 4.48. The number of carbonyl (C=O) groups is 3. The Morgan fingerprint density at radius 2 is 1.63 bits per heavy atom. The van der Waals surface area contributed by atoms with E-state index in [-0.39, 0.29) is 24.3 Å². The van der Waals surface area contributed by atoms with E-state index in [4.69, 9.17) is 4.74 Å². The van der Waals surface area contributed by atoms with Crippen molar-refractivity contribution in [1.29, 1.82) is 0 Å². The summed E-state index contributed by atoms with van der Waals surface area (Å²) in [6, 6.07) is 6.32. The summed E-state index contributed by atoms with van der Waals surface area (Å²) in [7, 11) is 0. The average molecular weight is 565 g/mol. The van der Waals surface area contributed by atoms with Crippen LogP contribution >= 0.6 is 0 Å². The van der Waals surface area contributed by atoms with Crippen LogP contribution in [0, 0.1) is 11.8 Å². The van der Waals surface area contributed by atoms with Crippen molar-refractivity contribution in [2.75, 3.05) is 49.1 Å². The Balaban J connectivity index is 1.60. The van der Waals surface area contributed by atoms with Crippen molar-refractivity contribution in [3.05, 3.63) is 48.6 Å². The normalized spacial score (nSPS) is 31.6. The highest BCUT2D eigenvalue weighted by Gasteiger charge is 2.75. The SMILES string of the molecule is CCCN1CC=C[C@]2(C)O[C@]34C=CCN(c5ccc(N(CC)CC)cc5)C(=O)C3N([C@@H](CC)CO)C(=O)[C@@H]4[C@@H]2C1=O. The number of nitrogens with zero attached hydrogens (tertiary/aromatic N) is 4. The summed E-state index contributed by atoms with van der Waals surface area (Å²) in [5, 5.41) is 10.3. The van der Waals surface area contributed by atoms with E-state index in [1.807, 2.05) is 69.3 Å². The number of anilines is 2. The molecule has 1 aromatic rings. The van der Waals surface area contributed by atoms with Gasteiger partial charge in [0.15, 0.2) is 0 Å². The number of likely N-dealkylation sites (tertiary alicyclic amines) is 1. The van der Waals surface area contributed by atoms with Crippen LogP contribution in [0.5, 0.6) is 0 Å². The molecule has 0 bridgehead atoms. The number of amides is 3. The summed E-state index contributed by atoms with van der Waals surface area (Å²) in [5.41, 5.74) is -0.576. The van der Waals surface area contributed by atoms with Crippen LogP contribution in [0.25, 0.3) is 0 Å². The van der Waals surface area contributed by atoms with Crippen molar-refractivity contribution in [2.24, 2.45) is 11.8 Å².